The van der Waals surface area contributed by atoms with Crippen molar-refractivity contribution in [3.8, 4) is 11.5 Å². The molecule has 140 valence electrons. The Morgan fingerprint density at radius 1 is 1.07 bits per heavy atom. The van der Waals surface area contributed by atoms with Gasteiger partial charge in [0.25, 0.3) is 5.91 Å². The number of urea groups is 1. The summed E-state index contributed by atoms with van der Waals surface area (Å²) in [5.41, 5.74) is 2.18. The Bertz CT molecular complexity index is 908. The predicted molar refractivity (Wildman–Crippen MR) is 102 cm³/mol. The van der Waals surface area contributed by atoms with Crippen LogP contribution < -0.4 is 25.4 Å². The average molecular weight is 367 g/mol. The molecule has 27 heavy (non-hydrogen) atoms. The van der Waals surface area contributed by atoms with Crippen LogP contribution in [0, 0.1) is 0 Å². The van der Waals surface area contributed by atoms with Crippen LogP contribution in [0.5, 0.6) is 11.5 Å². The highest BCUT2D eigenvalue weighted by Gasteiger charge is 2.32. The molecule has 0 radical (unpaired) electrons. The maximum Gasteiger partial charge on any atom is 0.319 e. The fourth-order valence-corrected chi connectivity index (χ4v) is 3.03. The van der Waals surface area contributed by atoms with Crippen molar-refractivity contribution in [2.24, 2.45) is 0 Å². The largest absolute Gasteiger partial charge is 0.497 e. The monoisotopic (exact) mass is 367 g/mol. The highest BCUT2D eigenvalue weighted by molar-refractivity contribution is 6.07. The van der Waals surface area contributed by atoms with Crippen molar-refractivity contribution >= 4 is 17.6 Å². The Balaban J connectivity index is 1.97. The molecule has 3 N–H and O–H groups in total. The number of amides is 3. The number of carbonyl (C=O) groups is 2. The molecule has 3 rings (SSSR count). The Labute approximate surface area is 157 Å². The number of rotatable bonds is 5. The van der Waals surface area contributed by atoms with E-state index in [0.29, 0.717) is 34.0 Å². The van der Waals surface area contributed by atoms with Crippen molar-refractivity contribution in [2.45, 2.75) is 13.0 Å². The average Bonchev–Trinajstić information content (AvgIpc) is 2.67. The Morgan fingerprint density at radius 3 is 2.59 bits per heavy atom. The summed E-state index contributed by atoms with van der Waals surface area (Å²) < 4.78 is 10.6. The van der Waals surface area contributed by atoms with Crippen LogP contribution >= 0.6 is 0 Å². The molecule has 1 aliphatic heterocycles. The minimum absolute atomic E-state index is 0.329. The minimum atomic E-state index is -0.638. The molecule has 7 heteroatoms. The second-order valence-corrected chi connectivity index (χ2v) is 6.00. The summed E-state index contributed by atoms with van der Waals surface area (Å²) in [6.07, 6.45) is 0. The molecule has 7 nitrogen and oxygen atoms in total. The standard InChI is InChI=1S/C20H21N3O4/c1-12-17(19(24)22-13-7-6-8-14(11-13)26-2)18(23-20(25)21-12)15-9-4-5-10-16(15)27-3/h4-11,18H,1-3H3,(H,22,24)(H2,21,23,25)/t18-/m1/s1. The van der Waals surface area contributed by atoms with Crippen LogP contribution in [0.4, 0.5) is 10.5 Å². The number of para-hydroxylation sites is 1. The smallest absolute Gasteiger partial charge is 0.319 e. The van der Waals surface area contributed by atoms with E-state index in [0.717, 1.165) is 0 Å². The van der Waals surface area contributed by atoms with Crippen LogP contribution in [0.25, 0.3) is 0 Å². The normalized spacial score (nSPS) is 16.3. The van der Waals surface area contributed by atoms with Gasteiger partial charge in [-0.25, -0.2) is 4.79 Å². The van der Waals surface area contributed by atoms with Crippen molar-refractivity contribution in [2.75, 3.05) is 19.5 Å². The maximum atomic E-state index is 13.0. The lowest BCUT2D eigenvalue weighted by Gasteiger charge is -2.29. The molecule has 0 saturated carbocycles. The summed E-state index contributed by atoms with van der Waals surface area (Å²) >= 11 is 0. The van der Waals surface area contributed by atoms with Gasteiger partial charge in [-0.1, -0.05) is 24.3 Å². The van der Waals surface area contributed by atoms with E-state index < -0.39 is 6.04 Å². The summed E-state index contributed by atoms with van der Waals surface area (Å²) in [6.45, 7) is 1.70. The number of hydrogen-bond donors (Lipinski definition) is 3. The lowest BCUT2D eigenvalue weighted by atomic mass is 9.94. The quantitative estimate of drug-likeness (QED) is 0.758. The summed E-state index contributed by atoms with van der Waals surface area (Å²) in [7, 11) is 3.11. The topological polar surface area (TPSA) is 88.7 Å². The van der Waals surface area contributed by atoms with E-state index in [1.165, 1.54) is 0 Å². The Morgan fingerprint density at radius 2 is 1.85 bits per heavy atom. The first-order valence-corrected chi connectivity index (χ1v) is 8.40. The third-order valence-corrected chi connectivity index (χ3v) is 4.29. The van der Waals surface area contributed by atoms with Gasteiger partial charge in [0.2, 0.25) is 0 Å². The Hall–Kier alpha value is -3.48. The number of carbonyl (C=O) groups excluding carboxylic acids is 2. The zero-order valence-corrected chi connectivity index (χ0v) is 15.3. The van der Waals surface area contributed by atoms with E-state index in [4.69, 9.17) is 9.47 Å². The van der Waals surface area contributed by atoms with Crippen LogP contribution in [0.15, 0.2) is 59.8 Å². The first-order valence-electron chi connectivity index (χ1n) is 8.40. The molecule has 2 aromatic rings. The number of methoxy groups -OCH3 is 2. The Kier molecular flexibility index (Phi) is 5.30. The lowest BCUT2D eigenvalue weighted by Crippen LogP contribution is -2.46. The van der Waals surface area contributed by atoms with E-state index in [2.05, 4.69) is 16.0 Å². The maximum absolute atomic E-state index is 13.0. The fourth-order valence-electron chi connectivity index (χ4n) is 3.03. The number of ether oxygens (including phenoxy) is 2. The molecule has 0 bridgehead atoms. The second kappa shape index (κ2) is 7.82. The SMILES string of the molecule is COc1cccc(NC(=O)C2=C(C)NC(=O)N[C@@H]2c2ccccc2OC)c1. The molecule has 0 fully saturated rings. The molecule has 1 heterocycles. The fraction of sp³-hybridized carbons (Fsp3) is 0.200. The van der Waals surface area contributed by atoms with Gasteiger partial charge in [-0.05, 0) is 25.1 Å². The van der Waals surface area contributed by atoms with Gasteiger partial charge in [-0.3, -0.25) is 4.79 Å². The molecule has 3 amide bonds. The lowest BCUT2D eigenvalue weighted by molar-refractivity contribution is -0.113. The number of hydrogen-bond acceptors (Lipinski definition) is 4. The molecule has 0 aliphatic carbocycles. The molecule has 1 aliphatic rings. The molecule has 2 aromatic carbocycles. The highest BCUT2D eigenvalue weighted by Crippen LogP contribution is 2.33. The van der Waals surface area contributed by atoms with Crippen LogP contribution in [-0.4, -0.2) is 26.2 Å². The van der Waals surface area contributed by atoms with Gasteiger partial charge in [0.15, 0.2) is 0 Å². The van der Waals surface area contributed by atoms with Crippen molar-refractivity contribution < 1.29 is 19.1 Å². The van der Waals surface area contributed by atoms with Crippen molar-refractivity contribution in [1.29, 1.82) is 0 Å². The molecule has 0 saturated heterocycles. The first-order chi connectivity index (χ1) is 13.0. The van der Waals surface area contributed by atoms with Crippen LogP contribution in [-0.2, 0) is 4.79 Å². The van der Waals surface area contributed by atoms with Crippen molar-refractivity contribution in [1.82, 2.24) is 10.6 Å². The number of anilines is 1. The third-order valence-electron chi connectivity index (χ3n) is 4.29. The van der Waals surface area contributed by atoms with Gasteiger partial charge in [0.05, 0.1) is 25.8 Å². The zero-order chi connectivity index (χ0) is 19.4. The number of benzene rings is 2. The summed E-state index contributed by atoms with van der Waals surface area (Å²) in [5, 5.41) is 8.32. The van der Waals surface area contributed by atoms with Crippen molar-refractivity contribution in [3.63, 3.8) is 0 Å². The van der Waals surface area contributed by atoms with Gasteiger partial charge < -0.3 is 25.4 Å². The van der Waals surface area contributed by atoms with E-state index in [-0.39, 0.29) is 11.9 Å². The summed E-state index contributed by atoms with van der Waals surface area (Å²) in [6, 6.07) is 13.3. The van der Waals surface area contributed by atoms with E-state index in [1.807, 2.05) is 18.2 Å². The van der Waals surface area contributed by atoms with Crippen LogP contribution in [0.1, 0.15) is 18.5 Å². The molecule has 1 atom stereocenters. The first kappa shape index (κ1) is 18.3. The molecule has 0 aromatic heterocycles. The van der Waals surface area contributed by atoms with Gasteiger partial charge in [0, 0.05) is 23.0 Å². The zero-order valence-electron chi connectivity index (χ0n) is 15.3. The van der Waals surface area contributed by atoms with Gasteiger partial charge in [-0.15, -0.1) is 0 Å². The van der Waals surface area contributed by atoms with E-state index in [9.17, 15) is 9.59 Å². The third kappa shape index (κ3) is 3.87. The van der Waals surface area contributed by atoms with E-state index in [1.54, 1.807) is 51.5 Å². The van der Waals surface area contributed by atoms with Crippen LogP contribution in [0.3, 0.4) is 0 Å². The van der Waals surface area contributed by atoms with Gasteiger partial charge >= 0.3 is 6.03 Å². The molecule has 0 spiro atoms. The second-order valence-electron chi connectivity index (χ2n) is 6.00. The summed E-state index contributed by atoms with van der Waals surface area (Å²) in [4.78, 5) is 25.0. The highest BCUT2D eigenvalue weighted by atomic mass is 16.5. The van der Waals surface area contributed by atoms with Gasteiger partial charge in [0.1, 0.15) is 11.5 Å². The minimum Gasteiger partial charge on any atom is -0.497 e. The molecular weight excluding hydrogens is 346 g/mol. The van der Waals surface area contributed by atoms with Crippen molar-refractivity contribution in [3.05, 3.63) is 65.4 Å². The number of allylic oxidation sites excluding steroid dienone is 1. The number of nitrogens with one attached hydrogen (secondary N) is 3. The van der Waals surface area contributed by atoms with E-state index >= 15 is 0 Å². The van der Waals surface area contributed by atoms with Crippen LogP contribution in [0.2, 0.25) is 0 Å². The summed E-state index contributed by atoms with van der Waals surface area (Å²) in [5.74, 6) is 0.892. The molecular formula is C20H21N3O4. The predicted octanol–water partition coefficient (Wildman–Crippen LogP) is 2.97. The molecule has 0 unspecified atom stereocenters. The van der Waals surface area contributed by atoms with Gasteiger partial charge in [-0.2, -0.15) is 0 Å².